The van der Waals surface area contributed by atoms with Crippen LogP contribution < -0.4 is 5.32 Å². The van der Waals surface area contributed by atoms with Crippen LogP contribution in [-0.2, 0) is 0 Å². The highest BCUT2D eigenvalue weighted by Crippen LogP contribution is 2.21. The van der Waals surface area contributed by atoms with Crippen LogP contribution in [-0.4, -0.2) is 42.0 Å². The van der Waals surface area contributed by atoms with E-state index in [-0.39, 0.29) is 11.9 Å². The highest BCUT2D eigenvalue weighted by molar-refractivity contribution is 9.10. The number of rotatable bonds is 3. The Labute approximate surface area is 122 Å². The Balaban J connectivity index is 1.95. The number of amides is 1. The number of carbonyl (C=O) groups excluding carboxylic acids is 1. The fourth-order valence-electron chi connectivity index (χ4n) is 2.56. The molecule has 2 atom stereocenters. The van der Waals surface area contributed by atoms with Gasteiger partial charge < -0.3 is 10.2 Å². The third-order valence-corrected chi connectivity index (χ3v) is 4.10. The molecule has 5 heteroatoms. The van der Waals surface area contributed by atoms with Gasteiger partial charge in [0, 0.05) is 12.1 Å². The molecule has 2 rings (SSSR count). The van der Waals surface area contributed by atoms with E-state index in [1.807, 2.05) is 12.1 Å². The monoisotopic (exact) mass is 325 g/mol. The maximum atomic E-state index is 12.1. The van der Waals surface area contributed by atoms with E-state index in [0.29, 0.717) is 16.3 Å². The third kappa shape index (κ3) is 4.01. The Hall–Kier alpha value is -0.940. The molecule has 1 saturated carbocycles. The van der Waals surface area contributed by atoms with Crippen LogP contribution in [0.5, 0.6) is 0 Å². The van der Waals surface area contributed by atoms with Crippen molar-refractivity contribution < 1.29 is 4.79 Å². The van der Waals surface area contributed by atoms with Crippen LogP contribution in [0, 0.1) is 0 Å². The molecule has 19 heavy (non-hydrogen) atoms. The number of nitrogens with zero attached hydrogens (tertiary/aromatic N) is 2. The minimum absolute atomic E-state index is 0.0780. The lowest BCUT2D eigenvalue weighted by atomic mass is 9.90. The average molecular weight is 326 g/mol. The summed E-state index contributed by atoms with van der Waals surface area (Å²) >= 11 is 3.29. The normalized spacial score (nSPS) is 23.4. The van der Waals surface area contributed by atoms with E-state index >= 15 is 0 Å². The van der Waals surface area contributed by atoms with E-state index in [0.717, 1.165) is 12.8 Å². The average Bonchev–Trinajstić information content (AvgIpc) is 2.39. The summed E-state index contributed by atoms with van der Waals surface area (Å²) in [7, 11) is 4.20. The Kier molecular flexibility index (Phi) is 4.93. The number of aromatic nitrogens is 1. The van der Waals surface area contributed by atoms with Crippen molar-refractivity contribution in [2.45, 2.75) is 37.8 Å². The standard InChI is InChI=1S/C14H20BrN3O/c1-18(2)11-6-3-5-10(9-11)16-14(19)12-7-4-8-13(15)17-12/h4,7-8,10-11H,3,5-6,9H2,1-2H3,(H,16,19). The highest BCUT2D eigenvalue weighted by Gasteiger charge is 2.24. The van der Waals surface area contributed by atoms with Crippen LogP contribution in [0.3, 0.4) is 0 Å². The number of carbonyl (C=O) groups is 1. The topological polar surface area (TPSA) is 45.2 Å². The number of hydrogen-bond acceptors (Lipinski definition) is 3. The van der Waals surface area contributed by atoms with Gasteiger partial charge in [-0.1, -0.05) is 6.07 Å². The molecule has 0 aromatic carbocycles. The van der Waals surface area contributed by atoms with Crippen molar-refractivity contribution in [3.05, 3.63) is 28.5 Å². The number of nitrogens with one attached hydrogen (secondary N) is 1. The molecule has 0 bridgehead atoms. The first-order valence-electron chi connectivity index (χ1n) is 6.66. The molecule has 104 valence electrons. The molecule has 1 aliphatic rings. The SMILES string of the molecule is CN(C)C1CCCC(NC(=O)c2cccc(Br)n2)C1. The summed E-state index contributed by atoms with van der Waals surface area (Å²) in [6.45, 7) is 0. The largest absolute Gasteiger partial charge is 0.348 e. The molecular weight excluding hydrogens is 306 g/mol. The van der Waals surface area contributed by atoms with Crippen LogP contribution in [0.1, 0.15) is 36.2 Å². The molecule has 1 heterocycles. The Bertz CT molecular complexity index is 450. The summed E-state index contributed by atoms with van der Waals surface area (Å²) in [4.78, 5) is 18.6. The first-order valence-corrected chi connectivity index (χ1v) is 7.45. The first-order chi connectivity index (χ1) is 9.06. The molecule has 1 aromatic rings. The van der Waals surface area contributed by atoms with Crippen LogP contribution >= 0.6 is 15.9 Å². The lowest BCUT2D eigenvalue weighted by molar-refractivity contribution is 0.0905. The molecule has 0 radical (unpaired) electrons. The van der Waals surface area contributed by atoms with Gasteiger partial charge in [0.2, 0.25) is 0 Å². The molecule has 4 nitrogen and oxygen atoms in total. The highest BCUT2D eigenvalue weighted by atomic mass is 79.9. The van der Waals surface area contributed by atoms with Crippen LogP contribution in [0.15, 0.2) is 22.8 Å². The Morgan fingerprint density at radius 3 is 2.89 bits per heavy atom. The predicted molar refractivity (Wildman–Crippen MR) is 79.1 cm³/mol. The smallest absolute Gasteiger partial charge is 0.270 e. The van der Waals surface area contributed by atoms with Crippen molar-refractivity contribution in [1.82, 2.24) is 15.2 Å². The van der Waals surface area contributed by atoms with Gasteiger partial charge in [-0.05, 0) is 67.8 Å². The molecule has 0 aliphatic heterocycles. The van der Waals surface area contributed by atoms with Gasteiger partial charge in [0.1, 0.15) is 10.3 Å². The van der Waals surface area contributed by atoms with Crippen LogP contribution in [0.2, 0.25) is 0 Å². The number of hydrogen-bond donors (Lipinski definition) is 1. The summed E-state index contributed by atoms with van der Waals surface area (Å²) in [5, 5.41) is 3.10. The van der Waals surface area contributed by atoms with E-state index in [1.54, 1.807) is 6.07 Å². The van der Waals surface area contributed by atoms with Gasteiger partial charge in [0.05, 0.1) is 0 Å². The second-order valence-electron chi connectivity index (χ2n) is 5.30. The van der Waals surface area contributed by atoms with Crippen LogP contribution in [0.25, 0.3) is 0 Å². The predicted octanol–water partition coefficient (Wildman–Crippen LogP) is 2.45. The zero-order valence-corrected chi connectivity index (χ0v) is 13.0. The van der Waals surface area contributed by atoms with Crippen molar-refractivity contribution >= 4 is 21.8 Å². The molecular formula is C14H20BrN3O. The molecule has 1 amide bonds. The van der Waals surface area contributed by atoms with E-state index < -0.39 is 0 Å². The maximum Gasteiger partial charge on any atom is 0.270 e. The van der Waals surface area contributed by atoms with E-state index in [2.05, 4.69) is 45.2 Å². The first kappa shape index (κ1) is 14.5. The molecule has 1 aromatic heterocycles. The Morgan fingerprint density at radius 1 is 1.42 bits per heavy atom. The molecule has 1 fully saturated rings. The fraction of sp³-hybridized carbons (Fsp3) is 0.571. The van der Waals surface area contributed by atoms with Crippen LogP contribution in [0.4, 0.5) is 0 Å². The van der Waals surface area contributed by atoms with Crippen molar-refractivity contribution in [3.63, 3.8) is 0 Å². The van der Waals surface area contributed by atoms with Crippen molar-refractivity contribution in [2.75, 3.05) is 14.1 Å². The lowest BCUT2D eigenvalue weighted by Gasteiger charge is -2.33. The van der Waals surface area contributed by atoms with E-state index in [9.17, 15) is 4.79 Å². The van der Waals surface area contributed by atoms with Gasteiger partial charge in [-0.15, -0.1) is 0 Å². The summed E-state index contributed by atoms with van der Waals surface area (Å²) in [5.41, 5.74) is 0.473. The molecule has 0 spiro atoms. The lowest BCUT2D eigenvalue weighted by Crippen LogP contribution is -2.43. The minimum atomic E-state index is -0.0780. The maximum absolute atomic E-state index is 12.1. The molecule has 0 saturated heterocycles. The van der Waals surface area contributed by atoms with E-state index in [1.165, 1.54) is 12.8 Å². The quantitative estimate of drug-likeness (QED) is 0.868. The molecule has 1 aliphatic carbocycles. The van der Waals surface area contributed by atoms with Gasteiger partial charge >= 0.3 is 0 Å². The zero-order chi connectivity index (χ0) is 13.8. The summed E-state index contributed by atoms with van der Waals surface area (Å²) in [6.07, 6.45) is 4.46. The van der Waals surface area contributed by atoms with Crippen molar-refractivity contribution in [2.24, 2.45) is 0 Å². The Morgan fingerprint density at radius 2 is 2.21 bits per heavy atom. The summed E-state index contributed by atoms with van der Waals surface area (Å²) in [5.74, 6) is -0.0780. The summed E-state index contributed by atoms with van der Waals surface area (Å²) < 4.78 is 0.690. The van der Waals surface area contributed by atoms with Gasteiger partial charge in [0.15, 0.2) is 0 Å². The number of halogens is 1. The van der Waals surface area contributed by atoms with Crippen molar-refractivity contribution in [3.8, 4) is 0 Å². The van der Waals surface area contributed by atoms with Gasteiger partial charge in [-0.2, -0.15) is 0 Å². The summed E-state index contributed by atoms with van der Waals surface area (Å²) in [6, 6.07) is 6.21. The second kappa shape index (κ2) is 6.48. The third-order valence-electron chi connectivity index (χ3n) is 3.66. The molecule has 1 N–H and O–H groups in total. The van der Waals surface area contributed by atoms with Gasteiger partial charge in [-0.25, -0.2) is 4.98 Å². The minimum Gasteiger partial charge on any atom is -0.348 e. The van der Waals surface area contributed by atoms with Gasteiger partial charge in [-0.3, -0.25) is 4.79 Å². The molecule has 2 unspecified atom stereocenters. The zero-order valence-electron chi connectivity index (χ0n) is 11.4. The van der Waals surface area contributed by atoms with Gasteiger partial charge in [0.25, 0.3) is 5.91 Å². The second-order valence-corrected chi connectivity index (χ2v) is 6.11. The number of pyridine rings is 1. The fourth-order valence-corrected chi connectivity index (χ4v) is 2.90. The van der Waals surface area contributed by atoms with E-state index in [4.69, 9.17) is 0 Å². The van der Waals surface area contributed by atoms with Crippen molar-refractivity contribution in [1.29, 1.82) is 0 Å².